The number of benzene rings is 1. The lowest BCUT2D eigenvalue weighted by Crippen LogP contribution is -2.34. The quantitative estimate of drug-likeness (QED) is 0.520. The monoisotopic (exact) mass is 409 g/mol. The fourth-order valence-corrected chi connectivity index (χ4v) is 3.63. The maximum atomic E-state index is 13.0. The molecule has 0 radical (unpaired) electrons. The first kappa shape index (κ1) is 21.8. The molecule has 27 heavy (non-hydrogen) atoms. The number of rotatable bonds is 8. The molecular weight excluding hydrogens is 382 g/mol. The number of hydrogen-bond donors (Lipinski definition) is 1. The minimum absolute atomic E-state index is 0.0513. The predicted octanol–water partition coefficient (Wildman–Crippen LogP) is 4.35. The molecule has 1 amide bonds. The second-order valence-electron chi connectivity index (χ2n) is 7.59. The minimum atomic E-state index is -0.349. The molecule has 0 saturated carbocycles. The molecule has 0 spiro atoms. The highest BCUT2D eigenvalue weighted by molar-refractivity contribution is 8.00. The lowest BCUT2D eigenvalue weighted by Gasteiger charge is -2.17. The number of carbonyl (C=O) groups excluding carboxylic acids is 1. The summed E-state index contributed by atoms with van der Waals surface area (Å²) in [5.74, 6) is 0.795. The maximum absolute atomic E-state index is 13.0. The van der Waals surface area contributed by atoms with Crippen molar-refractivity contribution in [2.45, 2.75) is 58.0 Å². The zero-order valence-electron chi connectivity index (χ0n) is 16.6. The lowest BCUT2D eigenvalue weighted by atomic mass is 10.1. The summed E-state index contributed by atoms with van der Waals surface area (Å²) in [6.07, 6.45) is 0.863. The van der Waals surface area contributed by atoms with E-state index in [2.05, 4.69) is 38.0 Å². The summed E-state index contributed by atoms with van der Waals surface area (Å²) in [5.41, 5.74) is 0.472. The Morgan fingerprint density at radius 1 is 1.22 bits per heavy atom. The number of amides is 1. The average molecular weight is 410 g/mol. The van der Waals surface area contributed by atoms with Crippen molar-refractivity contribution in [1.82, 2.24) is 14.9 Å². The summed E-state index contributed by atoms with van der Waals surface area (Å²) >= 11 is 7.39. The average Bonchev–Trinajstić information content (AvgIpc) is 2.58. The van der Waals surface area contributed by atoms with Crippen LogP contribution in [-0.2, 0) is 11.3 Å². The molecule has 1 aromatic carbocycles. The van der Waals surface area contributed by atoms with E-state index in [4.69, 9.17) is 11.6 Å². The Morgan fingerprint density at radius 3 is 2.56 bits per heavy atom. The van der Waals surface area contributed by atoms with Crippen molar-refractivity contribution in [2.24, 2.45) is 11.8 Å². The van der Waals surface area contributed by atoms with Gasteiger partial charge in [0.1, 0.15) is 0 Å². The summed E-state index contributed by atoms with van der Waals surface area (Å²) in [5, 5.41) is 4.23. The topological polar surface area (TPSA) is 64.0 Å². The van der Waals surface area contributed by atoms with E-state index in [1.807, 2.05) is 6.92 Å². The van der Waals surface area contributed by atoms with Crippen LogP contribution in [0.5, 0.6) is 0 Å². The number of nitrogens with one attached hydrogen (secondary N) is 1. The third kappa shape index (κ3) is 5.98. The first-order chi connectivity index (χ1) is 12.7. The minimum Gasteiger partial charge on any atom is -0.355 e. The molecule has 1 N–H and O–H groups in total. The molecular formula is C20H28ClN3O2S. The normalized spacial score (nSPS) is 12.7. The second kappa shape index (κ2) is 9.60. The van der Waals surface area contributed by atoms with Gasteiger partial charge in [0.25, 0.3) is 5.56 Å². The van der Waals surface area contributed by atoms with Crippen LogP contribution >= 0.6 is 23.4 Å². The summed E-state index contributed by atoms with van der Waals surface area (Å²) in [4.78, 5) is 30.0. The van der Waals surface area contributed by atoms with Crippen LogP contribution in [0.25, 0.3) is 10.9 Å². The molecule has 7 heteroatoms. The van der Waals surface area contributed by atoms with Gasteiger partial charge in [0.15, 0.2) is 5.16 Å². The van der Waals surface area contributed by atoms with Gasteiger partial charge in [0, 0.05) is 18.1 Å². The molecule has 0 aliphatic rings. The molecule has 0 fully saturated rings. The number of nitrogens with zero attached hydrogens (tertiary/aromatic N) is 2. The second-order valence-corrected chi connectivity index (χ2v) is 9.34. The van der Waals surface area contributed by atoms with Crippen molar-refractivity contribution in [1.29, 1.82) is 0 Å². The van der Waals surface area contributed by atoms with Crippen molar-refractivity contribution in [3.63, 3.8) is 0 Å². The Hall–Kier alpha value is -1.53. The number of carbonyl (C=O) groups is 1. The van der Waals surface area contributed by atoms with Crippen molar-refractivity contribution >= 4 is 40.2 Å². The number of halogens is 1. The highest BCUT2D eigenvalue weighted by Gasteiger charge is 2.19. The first-order valence-corrected chi connectivity index (χ1v) is 10.6. The van der Waals surface area contributed by atoms with E-state index in [9.17, 15) is 9.59 Å². The molecule has 0 aliphatic carbocycles. The molecule has 0 saturated heterocycles. The zero-order chi connectivity index (χ0) is 20.1. The highest BCUT2D eigenvalue weighted by atomic mass is 35.5. The van der Waals surface area contributed by atoms with Gasteiger partial charge in [-0.05, 0) is 43.4 Å². The Balaban J connectivity index is 2.38. The molecule has 1 atom stereocenters. The van der Waals surface area contributed by atoms with Gasteiger partial charge in [-0.1, -0.05) is 51.1 Å². The first-order valence-electron chi connectivity index (χ1n) is 9.33. The SMILES string of the molecule is CC(C)CCn1c(S[C@H](C)C(=O)NCC(C)C)nc2cc(Cl)ccc2c1=O. The van der Waals surface area contributed by atoms with E-state index < -0.39 is 0 Å². The van der Waals surface area contributed by atoms with Gasteiger partial charge in [-0.2, -0.15) is 0 Å². The predicted molar refractivity (Wildman–Crippen MR) is 114 cm³/mol. The zero-order valence-corrected chi connectivity index (χ0v) is 18.2. The molecule has 2 aromatic rings. The smallest absolute Gasteiger partial charge is 0.262 e. The number of hydrogen-bond acceptors (Lipinski definition) is 4. The van der Waals surface area contributed by atoms with Crippen LogP contribution in [0.4, 0.5) is 0 Å². The van der Waals surface area contributed by atoms with E-state index in [1.165, 1.54) is 11.8 Å². The molecule has 5 nitrogen and oxygen atoms in total. The van der Waals surface area contributed by atoms with Gasteiger partial charge in [-0.25, -0.2) is 4.98 Å². The number of aromatic nitrogens is 2. The van der Waals surface area contributed by atoms with Crippen molar-refractivity contribution in [2.75, 3.05) is 6.54 Å². The molecule has 148 valence electrons. The van der Waals surface area contributed by atoms with Crippen LogP contribution in [0.2, 0.25) is 5.02 Å². The molecule has 0 unspecified atom stereocenters. The summed E-state index contributed by atoms with van der Waals surface area (Å²) in [7, 11) is 0. The Labute approximate surface area is 169 Å². The van der Waals surface area contributed by atoms with Gasteiger partial charge in [0.2, 0.25) is 5.91 Å². The number of fused-ring (bicyclic) bond motifs is 1. The van der Waals surface area contributed by atoms with Gasteiger partial charge in [-0.3, -0.25) is 14.2 Å². The lowest BCUT2D eigenvalue weighted by molar-refractivity contribution is -0.120. The third-order valence-corrected chi connectivity index (χ3v) is 5.47. The Kier molecular flexibility index (Phi) is 7.74. The van der Waals surface area contributed by atoms with E-state index in [1.54, 1.807) is 22.8 Å². The summed E-state index contributed by atoms with van der Waals surface area (Å²) in [6, 6.07) is 5.11. The van der Waals surface area contributed by atoms with E-state index in [0.29, 0.717) is 46.0 Å². The van der Waals surface area contributed by atoms with E-state index >= 15 is 0 Å². The maximum Gasteiger partial charge on any atom is 0.262 e. The largest absolute Gasteiger partial charge is 0.355 e. The fourth-order valence-electron chi connectivity index (χ4n) is 2.51. The Morgan fingerprint density at radius 2 is 1.93 bits per heavy atom. The van der Waals surface area contributed by atoms with Crippen molar-refractivity contribution in [3.8, 4) is 0 Å². The van der Waals surface area contributed by atoms with Crippen LogP contribution in [0, 0.1) is 11.8 Å². The Bertz CT molecular complexity index is 864. The molecule has 0 aliphatic heterocycles. The summed E-state index contributed by atoms with van der Waals surface area (Å²) in [6.45, 7) is 11.4. The molecule has 1 heterocycles. The molecule has 2 rings (SSSR count). The van der Waals surface area contributed by atoms with Gasteiger partial charge < -0.3 is 5.32 Å². The van der Waals surface area contributed by atoms with Crippen LogP contribution in [-0.4, -0.2) is 27.3 Å². The van der Waals surface area contributed by atoms with Crippen LogP contribution in [0.15, 0.2) is 28.2 Å². The summed E-state index contributed by atoms with van der Waals surface area (Å²) < 4.78 is 1.69. The van der Waals surface area contributed by atoms with Crippen LogP contribution in [0.1, 0.15) is 41.0 Å². The van der Waals surface area contributed by atoms with Crippen molar-refractivity contribution in [3.05, 3.63) is 33.6 Å². The molecule has 1 aromatic heterocycles. The van der Waals surface area contributed by atoms with E-state index in [0.717, 1.165) is 6.42 Å². The van der Waals surface area contributed by atoms with Crippen LogP contribution in [0.3, 0.4) is 0 Å². The van der Waals surface area contributed by atoms with Gasteiger partial charge in [-0.15, -0.1) is 0 Å². The number of thioether (sulfide) groups is 1. The van der Waals surface area contributed by atoms with Crippen LogP contribution < -0.4 is 10.9 Å². The van der Waals surface area contributed by atoms with Gasteiger partial charge in [0.05, 0.1) is 16.2 Å². The standard InChI is InChI=1S/C20H28ClN3O2S/c1-12(2)8-9-24-19(26)16-7-6-15(21)10-17(16)23-20(24)27-14(5)18(25)22-11-13(3)4/h6-7,10,12-14H,8-9,11H2,1-5H3,(H,22,25)/t14-/m1/s1. The fraction of sp³-hybridized carbons (Fsp3) is 0.550. The highest BCUT2D eigenvalue weighted by Crippen LogP contribution is 2.24. The van der Waals surface area contributed by atoms with Gasteiger partial charge >= 0.3 is 0 Å². The van der Waals surface area contributed by atoms with E-state index in [-0.39, 0.29) is 16.7 Å². The van der Waals surface area contributed by atoms with Crippen molar-refractivity contribution < 1.29 is 4.79 Å². The molecule has 0 bridgehead atoms. The third-order valence-electron chi connectivity index (χ3n) is 4.15.